The van der Waals surface area contributed by atoms with Gasteiger partial charge in [-0.1, -0.05) is 66.7 Å². The summed E-state index contributed by atoms with van der Waals surface area (Å²) in [6.07, 6.45) is 0. The number of H-pyrrole nitrogens is 1. The van der Waals surface area contributed by atoms with Crippen molar-refractivity contribution < 1.29 is 0 Å². The molecule has 2 nitrogen and oxygen atoms in total. The molecule has 110 valence electrons. The van der Waals surface area contributed by atoms with Gasteiger partial charge in [0.05, 0.1) is 16.6 Å². The van der Waals surface area contributed by atoms with Crippen molar-refractivity contribution in [2.75, 3.05) is 0 Å². The molecule has 0 saturated heterocycles. The predicted molar refractivity (Wildman–Crippen MR) is 96.8 cm³/mol. The molecule has 0 amide bonds. The first-order valence-electron chi connectivity index (χ1n) is 7.93. The minimum absolute atomic E-state index is 0.882. The van der Waals surface area contributed by atoms with Gasteiger partial charge in [-0.05, 0) is 17.7 Å². The van der Waals surface area contributed by atoms with Gasteiger partial charge in [0.15, 0.2) is 0 Å². The molecule has 0 saturated carbocycles. The number of fused-ring (bicyclic) bond motifs is 5. The van der Waals surface area contributed by atoms with E-state index in [1.165, 1.54) is 38.4 Å². The van der Waals surface area contributed by atoms with E-state index in [1.54, 1.807) is 0 Å². The van der Waals surface area contributed by atoms with Crippen LogP contribution in [0.3, 0.4) is 0 Å². The number of aromatic amines is 1. The minimum Gasteiger partial charge on any atom is -0.353 e. The Morgan fingerprint density at radius 3 is 2.26 bits per heavy atom. The summed E-state index contributed by atoms with van der Waals surface area (Å²) in [5.74, 6) is 0. The topological polar surface area (TPSA) is 20.7 Å². The molecule has 0 spiro atoms. The maximum absolute atomic E-state index is 3.61. The number of aromatic nitrogens is 2. The summed E-state index contributed by atoms with van der Waals surface area (Å²) in [6.45, 7) is 0.882. The highest BCUT2D eigenvalue weighted by Crippen LogP contribution is 2.34. The zero-order valence-corrected chi connectivity index (χ0v) is 12.7. The Hall–Kier alpha value is -3.00. The molecule has 23 heavy (non-hydrogen) atoms. The van der Waals surface area contributed by atoms with Crippen molar-refractivity contribution in [2.24, 2.45) is 0 Å². The summed E-state index contributed by atoms with van der Waals surface area (Å²) in [5.41, 5.74) is 6.33. The molecule has 0 aliphatic rings. The van der Waals surface area contributed by atoms with Gasteiger partial charge in [0, 0.05) is 22.8 Å². The molecule has 0 aliphatic carbocycles. The van der Waals surface area contributed by atoms with Crippen molar-refractivity contribution >= 4 is 32.8 Å². The minimum atomic E-state index is 0.882. The van der Waals surface area contributed by atoms with Crippen LogP contribution in [0.2, 0.25) is 0 Å². The second-order valence-electron chi connectivity index (χ2n) is 5.98. The van der Waals surface area contributed by atoms with Crippen LogP contribution in [-0.2, 0) is 6.54 Å². The number of nitrogens with zero attached hydrogens (tertiary/aromatic N) is 1. The Bertz CT molecular complexity index is 1120. The number of rotatable bonds is 2. The van der Waals surface area contributed by atoms with Crippen molar-refractivity contribution in [3.05, 3.63) is 84.4 Å². The molecule has 0 radical (unpaired) electrons. The third-order valence-electron chi connectivity index (χ3n) is 4.60. The third kappa shape index (κ3) is 1.82. The van der Waals surface area contributed by atoms with Crippen LogP contribution in [0.25, 0.3) is 32.8 Å². The van der Waals surface area contributed by atoms with Gasteiger partial charge in [-0.15, -0.1) is 0 Å². The van der Waals surface area contributed by atoms with Gasteiger partial charge >= 0.3 is 0 Å². The number of nitrogens with one attached hydrogen (secondary N) is 1. The molecular weight excluding hydrogens is 280 g/mol. The fourth-order valence-corrected chi connectivity index (χ4v) is 3.57. The molecule has 0 aliphatic heterocycles. The quantitative estimate of drug-likeness (QED) is 0.455. The Balaban J connectivity index is 1.90. The van der Waals surface area contributed by atoms with Crippen LogP contribution in [0.1, 0.15) is 5.56 Å². The Morgan fingerprint density at radius 1 is 0.696 bits per heavy atom. The Morgan fingerprint density at radius 2 is 1.39 bits per heavy atom. The highest BCUT2D eigenvalue weighted by Gasteiger charge is 2.15. The van der Waals surface area contributed by atoms with Crippen molar-refractivity contribution in [3.8, 4) is 0 Å². The number of hydrogen-bond donors (Lipinski definition) is 1. The molecule has 2 heterocycles. The summed E-state index contributed by atoms with van der Waals surface area (Å²) in [6, 6.07) is 27.8. The van der Waals surface area contributed by atoms with E-state index in [9.17, 15) is 0 Å². The lowest BCUT2D eigenvalue weighted by Crippen LogP contribution is -1.98. The maximum Gasteiger partial charge on any atom is 0.0754 e. The molecule has 0 unspecified atom stereocenters. The molecule has 5 aromatic rings. The second-order valence-corrected chi connectivity index (χ2v) is 5.98. The molecule has 3 aromatic carbocycles. The maximum atomic E-state index is 3.61. The smallest absolute Gasteiger partial charge is 0.0754 e. The number of benzene rings is 3. The van der Waals surface area contributed by atoms with Crippen LogP contribution in [0.5, 0.6) is 0 Å². The predicted octanol–water partition coefficient (Wildman–Crippen LogP) is 5.32. The van der Waals surface area contributed by atoms with Crippen molar-refractivity contribution in [1.82, 2.24) is 9.55 Å². The van der Waals surface area contributed by atoms with E-state index in [0.717, 1.165) is 6.54 Å². The first-order chi connectivity index (χ1) is 11.4. The van der Waals surface area contributed by atoms with E-state index in [1.807, 2.05) is 0 Å². The van der Waals surface area contributed by atoms with E-state index >= 15 is 0 Å². The molecule has 2 aromatic heterocycles. The lowest BCUT2D eigenvalue weighted by molar-refractivity contribution is 0.872. The zero-order valence-electron chi connectivity index (χ0n) is 12.7. The molecule has 5 rings (SSSR count). The molecule has 0 bridgehead atoms. The molecule has 1 N–H and O–H groups in total. The largest absolute Gasteiger partial charge is 0.353 e. The lowest BCUT2D eigenvalue weighted by Gasteiger charge is -2.07. The van der Waals surface area contributed by atoms with Crippen molar-refractivity contribution in [2.45, 2.75) is 6.54 Å². The average molecular weight is 296 g/mol. The van der Waals surface area contributed by atoms with Crippen molar-refractivity contribution in [3.63, 3.8) is 0 Å². The normalized spacial score (nSPS) is 11.7. The summed E-state index contributed by atoms with van der Waals surface area (Å²) in [7, 11) is 0. The van der Waals surface area contributed by atoms with Gasteiger partial charge < -0.3 is 9.55 Å². The van der Waals surface area contributed by atoms with Gasteiger partial charge in [0.1, 0.15) is 0 Å². The van der Waals surface area contributed by atoms with Crippen LogP contribution >= 0.6 is 0 Å². The van der Waals surface area contributed by atoms with E-state index in [0.29, 0.717) is 0 Å². The summed E-state index contributed by atoms with van der Waals surface area (Å²) < 4.78 is 2.43. The summed E-state index contributed by atoms with van der Waals surface area (Å²) in [5, 5.41) is 2.57. The van der Waals surface area contributed by atoms with Gasteiger partial charge in [-0.25, -0.2) is 0 Å². The van der Waals surface area contributed by atoms with Crippen LogP contribution < -0.4 is 0 Å². The summed E-state index contributed by atoms with van der Waals surface area (Å²) in [4.78, 5) is 3.61. The second kappa shape index (κ2) is 4.75. The lowest BCUT2D eigenvalue weighted by atomic mass is 10.2. The average Bonchev–Trinajstić information content (AvgIpc) is 3.12. The first-order valence-corrected chi connectivity index (χ1v) is 7.93. The molecular formula is C21H16N2. The number of hydrogen-bond acceptors (Lipinski definition) is 0. The van der Waals surface area contributed by atoms with E-state index in [4.69, 9.17) is 0 Å². The van der Waals surface area contributed by atoms with Gasteiger partial charge in [-0.2, -0.15) is 0 Å². The Labute approximate surface area is 134 Å². The van der Waals surface area contributed by atoms with Gasteiger partial charge in [0.2, 0.25) is 0 Å². The van der Waals surface area contributed by atoms with Crippen LogP contribution in [-0.4, -0.2) is 9.55 Å². The fourth-order valence-electron chi connectivity index (χ4n) is 3.57. The molecule has 2 heteroatoms. The molecule has 0 atom stereocenters. The Kier molecular flexibility index (Phi) is 2.59. The zero-order chi connectivity index (χ0) is 15.2. The van der Waals surface area contributed by atoms with Crippen molar-refractivity contribution in [1.29, 1.82) is 0 Å². The van der Waals surface area contributed by atoms with E-state index in [2.05, 4.69) is 88.4 Å². The van der Waals surface area contributed by atoms with Gasteiger partial charge in [0.25, 0.3) is 0 Å². The van der Waals surface area contributed by atoms with Crippen LogP contribution in [0.15, 0.2) is 78.9 Å². The standard InChI is InChI=1S/C21H16N2/c1-2-8-15(9-3-1)14-23-19-13-7-5-11-17(19)20-21(23)16-10-4-6-12-18(16)22-20/h1-13,22H,14H2. The van der Waals surface area contributed by atoms with Crippen LogP contribution in [0.4, 0.5) is 0 Å². The van der Waals surface area contributed by atoms with E-state index in [-0.39, 0.29) is 0 Å². The highest BCUT2D eigenvalue weighted by molar-refractivity contribution is 6.17. The summed E-state index contributed by atoms with van der Waals surface area (Å²) >= 11 is 0. The molecule has 0 fully saturated rings. The number of para-hydroxylation sites is 2. The monoisotopic (exact) mass is 296 g/mol. The third-order valence-corrected chi connectivity index (χ3v) is 4.60. The first kappa shape index (κ1) is 12.5. The van der Waals surface area contributed by atoms with E-state index < -0.39 is 0 Å². The van der Waals surface area contributed by atoms with Crippen LogP contribution in [0, 0.1) is 0 Å². The highest BCUT2D eigenvalue weighted by atomic mass is 15.0. The van der Waals surface area contributed by atoms with Gasteiger partial charge in [-0.3, -0.25) is 0 Å². The SMILES string of the molecule is c1ccc(Cn2c3ccccc3c3[nH]c4ccccc4c32)cc1. The fraction of sp³-hybridized carbons (Fsp3) is 0.0476.